The lowest BCUT2D eigenvalue weighted by atomic mass is 10.1. The molecule has 162 valence electrons. The van der Waals surface area contributed by atoms with Gasteiger partial charge in [-0.3, -0.25) is 9.78 Å². The first kappa shape index (κ1) is 20.1. The lowest BCUT2D eigenvalue weighted by molar-refractivity contribution is 0.0305. The average molecular weight is 440 g/mol. The quantitative estimate of drug-likeness (QED) is 0.651. The minimum absolute atomic E-state index is 0.273. The fourth-order valence-electron chi connectivity index (χ4n) is 4.28. The third-order valence-corrected chi connectivity index (χ3v) is 6.83. The molecule has 0 saturated carbocycles. The third kappa shape index (κ3) is 4.20. The molecule has 0 aromatic carbocycles. The highest BCUT2D eigenvalue weighted by atomic mass is 32.1. The molecular formula is C22H25N5O3S. The molecule has 9 heteroatoms. The molecular weight excluding hydrogens is 414 g/mol. The molecule has 2 bridgehead atoms. The molecule has 2 aliphatic heterocycles. The fourth-order valence-corrected chi connectivity index (χ4v) is 5.37. The second kappa shape index (κ2) is 8.05. The Hall–Kier alpha value is -2.78. The van der Waals surface area contributed by atoms with Gasteiger partial charge < -0.3 is 19.5 Å². The smallest absolute Gasteiger partial charge is 0.273 e. The second-order valence-corrected chi connectivity index (χ2v) is 9.26. The zero-order chi connectivity index (χ0) is 21.5. The van der Waals surface area contributed by atoms with Crippen molar-refractivity contribution >= 4 is 22.4 Å². The molecule has 31 heavy (non-hydrogen) atoms. The molecule has 2 atom stereocenters. The molecule has 1 amide bonds. The van der Waals surface area contributed by atoms with E-state index in [1.165, 1.54) is 0 Å². The van der Waals surface area contributed by atoms with Gasteiger partial charge in [0.05, 0.1) is 29.3 Å². The first-order valence-electron chi connectivity index (χ1n) is 10.5. The number of fused-ring (bicyclic) bond motifs is 2. The zero-order valence-electron chi connectivity index (χ0n) is 17.8. The Balaban J connectivity index is 1.44. The van der Waals surface area contributed by atoms with E-state index in [9.17, 15) is 4.79 Å². The van der Waals surface area contributed by atoms with E-state index in [1.807, 2.05) is 13.8 Å². The van der Waals surface area contributed by atoms with Crippen LogP contribution < -0.4 is 10.2 Å². The highest BCUT2D eigenvalue weighted by Gasteiger charge is 2.35. The van der Waals surface area contributed by atoms with Gasteiger partial charge in [0, 0.05) is 30.5 Å². The van der Waals surface area contributed by atoms with Crippen LogP contribution in [0.1, 0.15) is 46.2 Å². The lowest BCUT2D eigenvalue weighted by Crippen LogP contribution is -2.42. The second-order valence-electron chi connectivity index (χ2n) is 8.28. The SMILES string of the molecule is Cc1cc(-c2sc(N3CC4CCC(C3)O4)nc2CNC(=O)c2cc(C)on2)cc(C)n1. The van der Waals surface area contributed by atoms with E-state index in [0.29, 0.717) is 12.3 Å². The highest BCUT2D eigenvalue weighted by molar-refractivity contribution is 7.19. The summed E-state index contributed by atoms with van der Waals surface area (Å²) < 4.78 is 11.0. The van der Waals surface area contributed by atoms with Crippen molar-refractivity contribution in [2.45, 2.75) is 52.4 Å². The molecule has 8 nitrogen and oxygen atoms in total. The number of anilines is 1. The molecule has 2 fully saturated rings. The zero-order valence-corrected chi connectivity index (χ0v) is 18.7. The van der Waals surface area contributed by atoms with Gasteiger partial charge in [-0.1, -0.05) is 16.5 Å². The van der Waals surface area contributed by atoms with Crippen molar-refractivity contribution in [1.82, 2.24) is 20.4 Å². The first-order valence-corrected chi connectivity index (χ1v) is 11.3. The summed E-state index contributed by atoms with van der Waals surface area (Å²) in [5.41, 5.74) is 4.11. The van der Waals surface area contributed by atoms with E-state index in [2.05, 4.69) is 32.5 Å². The largest absolute Gasteiger partial charge is 0.371 e. The molecule has 2 unspecified atom stereocenters. The van der Waals surface area contributed by atoms with E-state index < -0.39 is 0 Å². The van der Waals surface area contributed by atoms with Gasteiger partial charge in [0.2, 0.25) is 0 Å². The number of ether oxygens (including phenoxy) is 1. The minimum Gasteiger partial charge on any atom is -0.371 e. The predicted octanol–water partition coefficient (Wildman–Crippen LogP) is 3.42. The number of amides is 1. The van der Waals surface area contributed by atoms with E-state index in [-0.39, 0.29) is 23.8 Å². The third-order valence-electron chi connectivity index (χ3n) is 5.62. The summed E-state index contributed by atoms with van der Waals surface area (Å²) in [7, 11) is 0. The number of pyridine rings is 1. The van der Waals surface area contributed by atoms with Crippen molar-refractivity contribution in [3.05, 3.63) is 46.7 Å². The van der Waals surface area contributed by atoms with Crippen LogP contribution in [-0.4, -0.2) is 46.3 Å². The Kier molecular flexibility index (Phi) is 5.23. The van der Waals surface area contributed by atoms with Crippen molar-refractivity contribution in [1.29, 1.82) is 0 Å². The standard InChI is InChI=1S/C22H25N5O3S/c1-12-6-15(7-13(2)24-12)20-19(9-23-21(28)18-8-14(3)30-26-18)25-22(31-20)27-10-16-4-5-17(11-27)29-16/h6-8,16-17H,4-5,9-11H2,1-3H3,(H,23,28). The normalized spacial score (nSPS) is 20.3. The molecule has 0 aliphatic carbocycles. The van der Waals surface area contributed by atoms with Gasteiger partial charge in [0.15, 0.2) is 10.8 Å². The van der Waals surface area contributed by atoms with Crippen molar-refractivity contribution < 1.29 is 14.1 Å². The fraction of sp³-hybridized carbons (Fsp3) is 0.455. The van der Waals surface area contributed by atoms with Crippen LogP contribution in [0.3, 0.4) is 0 Å². The van der Waals surface area contributed by atoms with Crippen molar-refractivity contribution in [3.63, 3.8) is 0 Å². The monoisotopic (exact) mass is 439 g/mol. The molecule has 3 aromatic rings. The maximum absolute atomic E-state index is 12.5. The number of hydrogen-bond acceptors (Lipinski definition) is 8. The Morgan fingerprint density at radius 3 is 2.48 bits per heavy atom. The Morgan fingerprint density at radius 2 is 1.84 bits per heavy atom. The predicted molar refractivity (Wildman–Crippen MR) is 117 cm³/mol. The number of thiazole rings is 1. The van der Waals surface area contributed by atoms with Crippen molar-refractivity contribution in [2.24, 2.45) is 0 Å². The maximum Gasteiger partial charge on any atom is 0.273 e. The van der Waals surface area contributed by atoms with E-state index in [4.69, 9.17) is 14.2 Å². The van der Waals surface area contributed by atoms with Crippen LogP contribution in [0, 0.1) is 20.8 Å². The van der Waals surface area contributed by atoms with Crippen molar-refractivity contribution in [3.8, 4) is 10.4 Å². The number of carbonyl (C=O) groups is 1. The van der Waals surface area contributed by atoms with Crippen LogP contribution in [0.5, 0.6) is 0 Å². The summed E-state index contributed by atoms with van der Waals surface area (Å²) in [5.74, 6) is 0.329. The van der Waals surface area contributed by atoms with Gasteiger partial charge in [-0.25, -0.2) is 4.98 Å². The first-order chi connectivity index (χ1) is 14.9. The molecule has 0 spiro atoms. The van der Waals surface area contributed by atoms with E-state index in [0.717, 1.165) is 58.6 Å². The lowest BCUT2D eigenvalue weighted by Gasteiger charge is -2.31. The number of aromatic nitrogens is 3. The minimum atomic E-state index is -0.274. The number of morpholine rings is 1. The number of rotatable bonds is 5. The van der Waals surface area contributed by atoms with Crippen LogP contribution in [0.15, 0.2) is 22.7 Å². The summed E-state index contributed by atoms with van der Waals surface area (Å²) in [5, 5.41) is 7.71. The molecule has 2 saturated heterocycles. The summed E-state index contributed by atoms with van der Waals surface area (Å²) in [6.45, 7) is 7.79. The highest BCUT2D eigenvalue weighted by Crippen LogP contribution is 2.38. The van der Waals surface area contributed by atoms with Gasteiger partial charge >= 0.3 is 0 Å². The van der Waals surface area contributed by atoms with Gasteiger partial charge in [-0.05, 0) is 51.3 Å². The molecule has 1 N–H and O–H groups in total. The topological polar surface area (TPSA) is 93.4 Å². The number of nitrogens with one attached hydrogen (secondary N) is 1. The molecule has 5 heterocycles. The van der Waals surface area contributed by atoms with Crippen LogP contribution in [0.4, 0.5) is 5.13 Å². The molecule has 3 aromatic heterocycles. The Morgan fingerprint density at radius 1 is 1.13 bits per heavy atom. The summed E-state index contributed by atoms with van der Waals surface area (Å²) in [4.78, 5) is 25.3. The van der Waals surface area contributed by atoms with E-state index >= 15 is 0 Å². The van der Waals surface area contributed by atoms with Crippen LogP contribution in [0.2, 0.25) is 0 Å². The average Bonchev–Trinajstić information content (AvgIpc) is 3.44. The number of hydrogen-bond donors (Lipinski definition) is 1. The molecule has 5 rings (SSSR count). The number of aryl methyl sites for hydroxylation is 3. The van der Waals surface area contributed by atoms with Crippen LogP contribution in [0.25, 0.3) is 10.4 Å². The summed E-state index contributed by atoms with van der Waals surface area (Å²) >= 11 is 1.67. The molecule has 2 aliphatic rings. The maximum atomic E-state index is 12.5. The van der Waals surface area contributed by atoms with Crippen LogP contribution in [-0.2, 0) is 11.3 Å². The van der Waals surface area contributed by atoms with Crippen LogP contribution >= 0.6 is 11.3 Å². The Bertz CT molecular complexity index is 1090. The van der Waals surface area contributed by atoms with Gasteiger partial charge in [-0.15, -0.1) is 0 Å². The van der Waals surface area contributed by atoms with Gasteiger partial charge in [0.1, 0.15) is 5.76 Å². The summed E-state index contributed by atoms with van der Waals surface area (Å²) in [6, 6.07) is 5.76. The van der Waals surface area contributed by atoms with Crippen molar-refractivity contribution in [2.75, 3.05) is 18.0 Å². The van der Waals surface area contributed by atoms with E-state index in [1.54, 1.807) is 24.3 Å². The summed E-state index contributed by atoms with van der Waals surface area (Å²) in [6.07, 6.45) is 2.80. The number of nitrogens with zero attached hydrogens (tertiary/aromatic N) is 4. The number of carbonyl (C=O) groups excluding carboxylic acids is 1. The van der Waals surface area contributed by atoms with Gasteiger partial charge in [0.25, 0.3) is 5.91 Å². The Labute approximate surface area is 184 Å². The molecule has 0 radical (unpaired) electrons. The van der Waals surface area contributed by atoms with Gasteiger partial charge in [-0.2, -0.15) is 0 Å².